The second-order valence-corrected chi connectivity index (χ2v) is 12.0. The molecule has 1 aliphatic heterocycles. The Morgan fingerprint density at radius 2 is 1.90 bits per heavy atom. The van der Waals surface area contributed by atoms with Crippen molar-refractivity contribution in [2.24, 2.45) is 5.73 Å². The molecule has 1 aliphatic carbocycles. The molecule has 1 unspecified atom stereocenters. The molecule has 41 heavy (non-hydrogen) atoms. The van der Waals surface area contributed by atoms with Crippen LogP contribution in [0.2, 0.25) is 0 Å². The minimum Gasteiger partial charge on any atom is -0.465 e. The number of sulfone groups is 1. The van der Waals surface area contributed by atoms with Crippen LogP contribution in [-0.2, 0) is 33.7 Å². The number of esters is 1. The van der Waals surface area contributed by atoms with Gasteiger partial charge in [-0.25, -0.2) is 8.42 Å². The maximum absolute atomic E-state index is 13.9. The molecule has 2 fully saturated rings. The molecular formula is C27H36ClN5O7S. The molecule has 0 spiro atoms. The van der Waals surface area contributed by atoms with Crippen LogP contribution in [0.1, 0.15) is 26.2 Å². The van der Waals surface area contributed by atoms with Gasteiger partial charge in [0.25, 0.3) is 0 Å². The molecule has 2 aromatic rings. The number of carbonyl (C=O) groups excluding carboxylic acids is 3. The van der Waals surface area contributed by atoms with Crippen molar-refractivity contribution < 1.29 is 32.3 Å². The third-order valence-corrected chi connectivity index (χ3v) is 8.98. The van der Waals surface area contributed by atoms with Gasteiger partial charge in [-0.3, -0.25) is 19.8 Å². The Balaban J connectivity index is 0.00000462. The summed E-state index contributed by atoms with van der Waals surface area (Å²) in [6, 6.07) is 11.5. The SMILES string of the molecule is CCOC(=O)CN(C(=O)[C@H](CC(=O)NCC1CN(C(=N)N)CCO1)S(=O)(=O)c1ccc2ccccc2c1)C1CC1.Cl. The summed E-state index contributed by atoms with van der Waals surface area (Å²) in [5.74, 6) is -2.21. The van der Waals surface area contributed by atoms with E-state index in [1.165, 1.54) is 17.0 Å². The summed E-state index contributed by atoms with van der Waals surface area (Å²) in [4.78, 5) is 41.9. The van der Waals surface area contributed by atoms with E-state index < -0.39 is 45.4 Å². The van der Waals surface area contributed by atoms with E-state index >= 15 is 0 Å². The monoisotopic (exact) mass is 609 g/mol. The standard InChI is InChI=1S/C27H35N5O7S.ClH/c1-2-38-25(34)17-32(20-8-9-20)26(35)23(14-24(33)30-15-21-16-31(27(28)29)11-12-39-21)40(36,37)22-10-7-18-5-3-4-6-19(18)13-22;/h3-7,10,13,20-21,23H,2,8-9,11-12,14-17H2,1H3,(H3,28,29)(H,30,33);1H/t21?,23-;/m0./s1. The number of carbonyl (C=O) groups is 3. The highest BCUT2D eigenvalue weighted by molar-refractivity contribution is 7.92. The van der Waals surface area contributed by atoms with Gasteiger partial charge in [0.15, 0.2) is 21.0 Å². The summed E-state index contributed by atoms with van der Waals surface area (Å²) in [5, 5.41) is 10.0. The first-order chi connectivity index (χ1) is 19.1. The number of nitrogens with zero attached hydrogens (tertiary/aromatic N) is 2. The van der Waals surface area contributed by atoms with E-state index in [9.17, 15) is 22.8 Å². The molecule has 2 aromatic carbocycles. The Hall–Kier alpha value is -3.42. The normalized spacial score (nSPS) is 17.7. The van der Waals surface area contributed by atoms with Crippen molar-refractivity contribution in [1.82, 2.24) is 15.1 Å². The largest absolute Gasteiger partial charge is 0.465 e. The van der Waals surface area contributed by atoms with Crippen LogP contribution in [0, 0.1) is 5.41 Å². The van der Waals surface area contributed by atoms with Crippen LogP contribution >= 0.6 is 12.4 Å². The zero-order valence-corrected chi connectivity index (χ0v) is 24.4. The number of guanidine groups is 1. The molecule has 4 rings (SSSR count). The molecule has 0 bridgehead atoms. The molecule has 2 aliphatic rings. The summed E-state index contributed by atoms with van der Waals surface area (Å²) in [5.41, 5.74) is 5.56. The van der Waals surface area contributed by atoms with Crippen molar-refractivity contribution in [3.8, 4) is 0 Å². The summed E-state index contributed by atoms with van der Waals surface area (Å²) >= 11 is 0. The number of amides is 2. The molecule has 0 radical (unpaired) electrons. The predicted octanol–water partition coefficient (Wildman–Crippen LogP) is 1.06. The fourth-order valence-electron chi connectivity index (χ4n) is 4.67. The number of hydrogen-bond acceptors (Lipinski definition) is 8. The van der Waals surface area contributed by atoms with Crippen LogP contribution in [0.25, 0.3) is 10.8 Å². The van der Waals surface area contributed by atoms with E-state index in [4.69, 9.17) is 20.6 Å². The van der Waals surface area contributed by atoms with Crippen LogP contribution in [0.15, 0.2) is 47.4 Å². The van der Waals surface area contributed by atoms with Crippen molar-refractivity contribution in [2.75, 3.05) is 39.4 Å². The summed E-state index contributed by atoms with van der Waals surface area (Å²) in [6.07, 6.45) is 0.167. The van der Waals surface area contributed by atoms with E-state index in [-0.39, 0.29) is 49.0 Å². The van der Waals surface area contributed by atoms with Crippen LogP contribution in [0.5, 0.6) is 0 Å². The van der Waals surface area contributed by atoms with Crippen LogP contribution < -0.4 is 11.1 Å². The molecular weight excluding hydrogens is 574 g/mol. The van der Waals surface area contributed by atoms with Gasteiger partial charge in [0.2, 0.25) is 11.8 Å². The molecule has 0 aromatic heterocycles. The van der Waals surface area contributed by atoms with E-state index in [1.807, 2.05) is 12.1 Å². The van der Waals surface area contributed by atoms with Gasteiger partial charge >= 0.3 is 5.97 Å². The third-order valence-electron chi connectivity index (χ3n) is 6.95. The van der Waals surface area contributed by atoms with Crippen molar-refractivity contribution in [1.29, 1.82) is 5.41 Å². The van der Waals surface area contributed by atoms with Gasteiger partial charge < -0.3 is 30.3 Å². The quantitative estimate of drug-likeness (QED) is 0.191. The van der Waals surface area contributed by atoms with Crippen molar-refractivity contribution in [3.05, 3.63) is 42.5 Å². The van der Waals surface area contributed by atoms with Crippen molar-refractivity contribution in [3.63, 3.8) is 0 Å². The number of halogens is 1. The van der Waals surface area contributed by atoms with Gasteiger partial charge in [-0.05, 0) is 42.7 Å². The number of nitrogens with one attached hydrogen (secondary N) is 2. The number of hydrogen-bond donors (Lipinski definition) is 3. The third kappa shape index (κ3) is 8.08. The first kappa shape index (κ1) is 32.1. The molecule has 224 valence electrons. The van der Waals surface area contributed by atoms with Gasteiger partial charge in [0, 0.05) is 25.7 Å². The molecule has 2 amide bonds. The zero-order valence-electron chi connectivity index (χ0n) is 22.8. The van der Waals surface area contributed by atoms with Gasteiger partial charge in [-0.1, -0.05) is 30.3 Å². The number of benzene rings is 2. The predicted molar refractivity (Wildman–Crippen MR) is 154 cm³/mol. The highest BCUT2D eigenvalue weighted by Gasteiger charge is 2.44. The lowest BCUT2D eigenvalue weighted by Gasteiger charge is -2.33. The minimum absolute atomic E-state index is 0. The fraction of sp³-hybridized carbons (Fsp3) is 0.481. The van der Waals surface area contributed by atoms with E-state index in [1.54, 1.807) is 30.0 Å². The lowest BCUT2D eigenvalue weighted by atomic mass is 10.1. The molecule has 14 heteroatoms. The summed E-state index contributed by atoms with van der Waals surface area (Å²) in [6.45, 7) is 2.50. The topological polar surface area (TPSA) is 172 Å². The summed E-state index contributed by atoms with van der Waals surface area (Å²) in [7, 11) is -4.34. The maximum Gasteiger partial charge on any atom is 0.325 e. The zero-order chi connectivity index (χ0) is 28.9. The molecule has 12 nitrogen and oxygen atoms in total. The van der Waals surface area contributed by atoms with Gasteiger partial charge in [0.05, 0.1) is 30.6 Å². The number of nitrogens with two attached hydrogens (primary N) is 1. The Kier molecular flexibility index (Phi) is 10.9. The molecule has 1 saturated carbocycles. The molecule has 4 N–H and O–H groups in total. The van der Waals surface area contributed by atoms with E-state index in [0.29, 0.717) is 37.9 Å². The van der Waals surface area contributed by atoms with Crippen LogP contribution in [-0.4, -0.2) is 98.7 Å². The lowest BCUT2D eigenvalue weighted by Crippen LogP contribution is -2.52. The molecule has 1 heterocycles. The highest BCUT2D eigenvalue weighted by atomic mass is 35.5. The Morgan fingerprint density at radius 3 is 2.56 bits per heavy atom. The second kappa shape index (κ2) is 14.0. The Labute approximate surface area is 245 Å². The number of morpholine rings is 1. The molecule has 1 saturated heterocycles. The molecule has 2 atom stereocenters. The van der Waals surface area contributed by atoms with Gasteiger partial charge in [-0.2, -0.15) is 0 Å². The van der Waals surface area contributed by atoms with Crippen molar-refractivity contribution in [2.45, 2.75) is 48.5 Å². The number of rotatable bonds is 11. The smallest absolute Gasteiger partial charge is 0.325 e. The first-order valence-corrected chi connectivity index (χ1v) is 14.8. The van der Waals surface area contributed by atoms with Gasteiger partial charge in [-0.15, -0.1) is 12.4 Å². The Morgan fingerprint density at radius 1 is 1.20 bits per heavy atom. The highest BCUT2D eigenvalue weighted by Crippen LogP contribution is 2.31. The number of ether oxygens (including phenoxy) is 2. The summed E-state index contributed by atoms with van der Waals surface area (Å²) < 4.78 is 38.5. The van der Waals surface area contributed by atoms with Gasteiger partial charge in [0.1, 0.15) is 6.54 Å². The first-order valence-electron chi connectivity index (χ1n) is 13.3. The average molecular weight is 610 g/mol. The number of fused-ring (bicyclic) bond motifs is 1. The fourth-order valence-corrected chi connectivity index (χ4v) is 6.32. The lowest BCUT2D eigenvalue weighted by molar-refractivity contribution is -0.149. The van der Waals surface area contributed by atoms with E-state index in [2.05, 4.69) is 5.32 Å². The minimum atomic E-state index is -4.34. The van der Waals surface area contributed by atoms with Crippen molar-refractivity contribution >= 4 is 56.8 Å². The maximum atomic E-state index is 13.9. The Bertz CT molecular complexity index is 1390. The van der Waals surface area contributed by atoms with Crippen LogP contribution in [0.4, 0.5) is 0 Å². The van der Waals surface area contributed by atoms with E-state index in [0.717, 1.165) is 5.39 Å². The second-order valence-electron chi connectivity index (χ2n) is 9.88. The average Bonchev–Trinajstić information content (AvgIpc) is 3.78. The van der Waals surface area contributed by atoms with Crippen LogP contribution in [0.3, 0.4) is 0 Å².